The van der Waals surface area contributed by atoms with E-state index in [0.29, 0.717) is 6.42 Å². The summed E-state index contributed by atoms with van der Waals surface area (Å²) in [5.74, 6) is -0.392. The average Bonchev–Trinajstić information content (AvgIpc) is 2.50. The van der Waals surface area contributed by atoms with E-state index in [9.17, 15) is 9.59 Å². The van der Waals surface area contributed by atoms with E-state index in [1.807, 2.05) is 44.2 Å². The average molecular weight is 317 g/mol. The van der Waals surface area contributed by atoms with Crippen molar-refractivity contribution in [1.29, 1.82) is 0 Å². The maximum absolute atomic E-state index is 11.8. The molecule has 0 unspecified atom stereocenters. The van der Waals surface area contributed by atoms with E-state index in [1.165, 1.54) is 11.6 Å². The normalized spacial score (nSPS) is 13.8. The van der Waals surface area contributed by atoms with Crippen molar-refractivity contribution in [2.75, 3.05) is 0 Å². The third-order valence-corrected chi connectivity index (χ3v) is 3.24. The first-order valence-electron chi connectivity index (χ1n) is 7.97. The number of benzene rings is 1. The highest BCUT2D eigenvalue weighted by Gasteiger charge is 2.13. The van der Waals surface area contributed by atoms with Gasteiger partial charge in [-0.15, -0.1) is 0 Å². The number of nitrogens with two attached hydrogens (primary N) is 1. The molecule has 1 aromatic carbocycles. The highest BCUT2D eigenvalue weighted by Crippen LogP contribution is 2.06. The van der Waals surface area contributed by atoms with Crippen molar-refractivity contribution < 1.29 is 9.59 Å². The Bertz CT molecular complexity index is 524. The van der Waals surface area contributed by atoms with Crippen LogP contribution in [0.5, 0.6) is 0 Å². The van der Waals surface area contributed by atoms with Gasteiger partial charge in [-0.2, -0.15) is 0 Å². The molecule has 4 N–H and O–H groups in total. The number of hydrogen-bond acceptors (Lipinski definition) is 3. The lowest BCUT2D eigenvalue weighted by molar-refractivity contribution is -0.122. The standard InChI is InChI=1S/C18H27N3O2/c1-13(2)20-17(22)12-11-16(21-18(23)14(3)19)10-9-15-7-5-4-6-8-15/h4-8,11-14,16H,9-10,19H2,1-3H3,(H,20,22)(H,21,23)/t14-,16-/m0/s1. The number of rotatable bonds is 8. The minimum atomic E-state index is -0.577. The van der Waals surface area contributed by atoms with Crippen molar-refractivity contribution in [3.63, 3.8) is 0 Å². The van der Waals surface area contributed by atoms with Gasteiger partial charge in [0.2, 0.25) is 11.8 Å². The molecule has 1 aromatic rings. The van der Waals surface area contributed by atoms with Gasteiger partial charge in [0.25, 0.3) is 0 Å². The zero-order chi connectivity index (χ0) is 17.2. The van der Waals surface area contributed by atoms with Crippen LogP contribution in [-0.2, 0) is 16.0 Å². The molecule has 0 fully saturated rings. The summed E-state index contributed by atoms with van der Waals surface area (Å²) in [5, 5.41) is 5.65. The van der Waals surface area contributed by atoms with Gasteiger partial charge in [0.1, 0.15) is 0 Å². The Morgan fingerprint density at radius 3 is 2.35 bits per heavy atom. The minimum Gasteiger partial charge on any atom is -0.350 e. The molecule has 1 rings (SSSR count). The van der Waals surface area contributed by atoms with E-state index >= 15 is 0 Å². The molecule has 0 aliphatic rings. The van der Waals surface area contributed by atoms with Gasteiger partial charge in [-0.3, -0.25) is 9.59 Å². The first kappa shape index (κ1) is 18.9. The van der Waals surface area contributed by atoms with Crippen LogP contribution in [0.3, 0.4) is 0 Å². The summed E-state index contributed by atoms with van der Waals surface area (Å²) in [6.45, 7) is 5.44. The van der Waals surface area contributed by atoms with E-state index in [2.05, 4.69) is 10.6 Å². The lowest BCUT2D eigenvalue weighted by Crippen LogP contribution is -2.43. The van der Waals surface area contributed by atoms with Gasteiger partial charge < -0.3 is 16.4 Å². The molecule has 0 radical (unpaired) electrons. The van der Waals surface area contributed by atoms with Crippen LogP contribution in [0.2, 0.25) is 0 Å². The largest absolute Gasteiger partial charge is 0.350 e. The number of carbonyl (C=O) groups excluding carboxylic acids is 2. The molecule has 2 atom stereocenters. The van der Waals surface area contributed by atoms with Gasteiger partial charge in [0.05, 0.1) is 6.04 Å². The Morgan fingerprint density at radius 2 is 1.78 bits per heavy atom. The first-order valence-corrected chi connectivity index (χ1v) is 7.97. The van der Waals surface area contributed by atoms with Crippen LogP contribution >= 0.6 is 0 Å². The molecule has 5 heteroatoms. The number of hydrogen-bond donors (Lipinski definition) is 3. The van der Waals surface area contributed by atoms with Crippen LogP contribution in [0.25, 0.3) is 0 Å². The fraction of sp³-hybridized carbons (Fsp3) is 0.444. The lowest BCUT2D eigenvalue weighted by atomic mass is 10.0. The fourth-order valence-corrected chi connectivity index (χ4v) is 2.03. The molecular weight excluding hydrogens is 290 g/mol. The van der Waals surface area contributed by atoms with E-state index in [0.717, 1.165) is 6.42 Å². The summed E-state index contributed by atoms with van der Waals surface area (Å²) in [5.41, 5.74) is 6.79. The molecule has 5 nitrogen and oxygen atoms in total. The summed E-state index contributed by atoms with van der Waals surface area (Å²) in [6, 6.07) is 9.29. The van der Waals surface area contributed by atoms with Gasteiger partial charge in [-0.05, 0) is 39.2 Å². The predicted octanol–water partition coefficient (Wildman–Crippen LogP) is 1.53. The van der Waals surface area contributed by atoms with E-state index in [-0.39, 0.29) is 23.9 Å². The Kier molecular flexibility index (Phi) is 8.05. The number of aryl methyl sites for hydroxylation is 1. The second-order valence-electron chi connectivity index (χ2n) is 5.95. The maximum atomic E-state index is 11.8. The molecule has 126 valence electrons. The van der Waals surface area contributed by atoms with Crippen molar-refractivity contribution in [2.24, 2.45) is 5.73 Å². The minimum absolute atomic E-state index is 0.0774. The molecule has 0 aliphatic carbocycles. The van der Waals surface area contributed by atoms with Gasteiger partial charge in [0.15, 0.2) is 0 Å². The highest BCUT2D eigenvalue weighted by atomic mass is 16.2. The number of amides is 2. The van der Waals surface area contributed by atoms with E-state index in [1.54, 1.807) is 13.0 Å². The van der Waals surface area contributed by atoms with Gasteiger partial charge in [-0.25, -0.2) is 0 Å². The molecule has 2 amide bonds. The van der Waals surface area contributed by atoms with Crippen molar-refractivity contribution in [1.82, 2.24) is 10.6 Å². The monoisotopic (exact) mass is 317 g/mol. The molecule has 0 heterocycles. The van der Waals surface area contributed by atoms with Crippen LogP contribution in [-0.4, -0.2) is 29.9 Å². The molecule has 0 saturated carbocycles. The second kappa shape index (κ2) is 9.79. The second-order valence-corrected chi connectivity index (χ2v) is 5.95. The quantitative estimate of drug-likeness (QED) is 0.636. The van der Waals surface area contributed by atoms with Crippen LogP contribution < -0.4 is 16.4 Å². The van der Waals surface area contributed by atoms with Crippen LogP contribution in [0.4, 0.5) is 0 Å². The zero-order valence-electron chi connectivity index (χ0n) is 14.1. The van der Waals surface area contributed by atoms with Gasteiger partial charge >= 0.3 is 0 Å². The van der Waals surface area contributed by atoms with Crippen molar-refractivity contribution in [3.05, 3.63) is 48.0 Å². The summed E-state index contributed by atoms with van der Waals surface area (Å²) in [6.07, 6.45) is 4.70. The molecule has 23 heavy (non-hydrogen) atoms. The summed E-state index contributed by atoms with van der Waals surface area (Å²) < 4.78 is 0. The summed E-state index contributed by atoms with van der Waals surface area (Å²) >= 11 is 0. The summed E-state index contributed by atoms with van der Waals surface area (Å²) in [7, 11) is 0. The Hall–Kier alpha value is -2.14. The molecule has 0 spiro atoms. The Labute approximate surface area is 138 Å². The molecule has 0 saturated heterocycles. The number of carbonyl (C=O) groups is 2. The predicted molar refractivity (Wildman–Crippen MR) is 92.8 cm³/mol. The third kappa shape index (κ3) is 8.16. The third-order valence-electron chi connectivity index (χ3n) is 3.24. The molecule has 0 aliphatic heterocycles. The smallest absolute Gasteiger partial charge is 0.243 e. The van der Waals surface area contributed by atoms with Crippen molar-refractivity contribution >= 4 is 11.8 Å². The SMILES string of the molecule is CC(C)NC(=O)C=C[C@H](CCc1ccccc1)NC(=O)[C@H](C)N. The fourth-order valence-electron chi connectivity index (χ4n) is 2.03. The van der Waals surface area contributed by atoms with Crippen LogP contribution in [0.15, 0.2) is 42.5 Å². The van der Waals surface area contributed by atoms with Crippen LogP contribution in [0.1, 0.15) is 32.8 Å². The van der Waals surface area contributed by atoms with Crippen LogP contribution in [0, 0.1) is 0 Å². The number of nitrogens with one attached hydrogen (secondary N) is 2. The molecule has 0 aromatic heterocycles. The van der Waals surface area contributed by atoms with E-state index < -0.39 is 6.04 Å². The Morgan fingerprint density at radius 1 is 1.13 bits per heavy atom. The lowest BCUT2D eigenvalue weighted by Gasteiger charge is -2.17. The molecule has 0 bridgehead atoms. The van der Waals surface area contributed by atoms with Gasteiger partial charge in [0, 0.05) is 18.2 Å². The van der Waals surface area contributed by atoms with E-state index in [4.69, 9.17) is 5.73 Å². The topological polar surface area (TPSA) is 84.2 Å². The Balaban J connectivity index is 2.66. The maximum Gasteiger partial charge on any atom is 0.243 e. The first-order chi connectivity index (χ1) is 10.9. The van der Waals surface area contributed by atoms with Crippen molar-refractivity contribution in [2.45, 2.75) is 51.7 Å². The van der Waals surface area contributed by atoms with Crippen molar-refractivity contribution in [3.8, 4) is 0 Å². The summed E-state index contributed by atoms with van der Waals surface area (Å²) in [4.78, 5) is 23.5. The molecular formula is C18H27N3O2. The zero-order valence-corrected chi connectivity index (χ0v) is 14.1. The highest BCUT2D eigenvalue weighted by molar-refractivity contribution is 5.88. The van der Waals surface area contributed by atoms with Gasteiger partial charge in [-0.1, -0.05) is 36.4 Å².